The third-order valence-corrected chi connectivity index (χ3v) is 4.05. The Morgan fingerprint density at radius 1 is 1.36 bits per heavy atom. The first-order valence-electron chi connectivity index (χ1n) is 7.22. The first kappa shape index (κ1) is 16.1. The molecule has 0 saturated carbocycles. The van der Waals surface area contributed by atoms with E-state index in [0.29, 0.717) is 5.02 Å². The van der Waals surface area contributed by atoms with Crippen LogP contribution >= 0.6 is 11.6 Å². The number of nitrogens with one attached hydrogen (secondary N) is 1. The summed E-state index contributed by atoms with van der Waals surface area (Å²) in [5.41, 5.74) is 5.15. The molecule has 0 radical (unpaired) electrons. The topological polar surface area (TPSA) is 35.8 Å². The monoisotopic (exact) mass is 310 g/mol. The van der Waals surface area contributed by atoms with E-state index in [-0.39, 0.29) is 5.92 Å². The lowest BCUT2D eigenvalue weighted by Gasteiger charge is -2.16. The van der Waals surface area contributed by atoms with Crippen molar-refractivity contribution < 1.29 is 0 Å². The quantitative estimate of drug-likeness (QED) is 0.750. The zero-order valence-corrected chi connectivity index (χ0v) is 13.6. The van der Waals surface area contributed by atoms with Crippen LogP contribution < -0.4 is 5.32 Å². The highest BCUT2D eigenvalue weighted by atomic mass is 35.5. The van der Waals surface area contributed by atoms with Crippen molar-refractivity contribution >= 4 is 17.3 Å². The van der Waals surface area contributed by atoms with Crippen LogP contribution in [-0.4, -0.2) is 7.05 Å². The molecule has 0 aromatic heterocycles. The minimum Gasteiger partial charge on any atom is -0.388 e. The van der Waals surface area contributed by atoms with E-state index in [1.165, 1.54) is 0 Å². The summed E-state index contributed by atoms with van der Waals surface area (Å²) in [6.45, 7) is 5.70. The van der Waals surface area contributed by atoms with Crippen molar-refractivity contribution in [1.29, 1.82) is 5.26 Å². The number of rotatable bonds is 5. The highest BCUT2D eigenvalue weighted by Crippen LogP contribution is 2.36. The Labute approximate surface area is 137 Å². The van der Waals surface area contributed by atoms with Crippen LogP contribution in [0.15, 0.2) is 49.1 Å². The summed E-state index contributed by atoms with van der Waals surface area (Å²) in [6.07, 6.45) is 2.66. The SMILES string of the molecule is C=CCc1cc(-c2c(Cl)cccc2C(C)C#N)ccc1NC. The lowest BCUT2D eigenvalue weighted by Crippen LogP contribution is -1.98. The van der Waals surface area contributed by atoms with Crippen molar-refractivity contribution in [2.45, 2.75) is 19.3 Å². The first-order chi connectivity index (χ1) is 10.6. The number of anilines is 1. The highest BCUT2D eigenvalue weighted by Gasteiger charge is 2.15. The molecule has 0 fully saturated rings. The second-order valence-electron chi connectivity index (χ2n) is 5.17. The van der Waals surface area contributed by atoms with Crippen LogP contribution in [-0.2, 0) is 6.42 Å². The maximum atomic E-state index is 9.26. The molecule has 2 aromatic carbocycles. The predicted octanol–water partition coefficient (Wildman–Crippen LogP) is 5.40. The first-order valence-corrected chi connectivity index (χ1v) is 7.60. The largest absolute Gasteiger partial charge is 0.388 e. The Morgan fingerprint density at radius 2 is 2.14 bits per heavy atom. The molecule has 0 aliphatic rings. The Balaban J connectivity index is 2.64. The van der Waals surface area contributed by atoms with Gasteiger partial charge in [0, 0.05) is 23.3 Å². The van der Waals surface area contributed by atoms with Crippen LogP contribution in [0.5, 0.6) is 0 Å². The van der Waals surface area contributed by atoms with Gasteiger partial charge >= 0.3 is 0 Å². The minimum absolute atomic E-state index is 0.208. The lowest BCUT2D eigenvalue weighted by molar-refractivity contribution is 0.984. The van der Waals surface area contributed by atoms with Crippen LogP contribution in [0.3, 0.4) is 0 Å². The maximum Gasteiger partial charge on any atom is 0.0701 e. The van der Waals surface area contributed by atoms with Gasteiger partial charge in [-0.05, 0) is 48.2 Å². The summed E-state index contributed by atoms with van der Waals surface area (Å²) in [4.78, 5) is 0. The molecule has 1 unspecified atom stereocenters. The summed E-state index contributed by atoms with van der Waals surface area (Å²) in [5.74, 6) is -0.208. The van der Waals surface area contributed by atoms with Crippen molar-refractivity contribution in [3.63, 3.8) is 0 Å². The van der Waals surface area contributed by atoms with Crippen LogP contribution in [0.2, 0.25) is 5.02 Å². The van der Waals surface area contributed by atoms with Crippen molar-refractivity contribution in [1.82, 2.24) is 0 Å². The van der Waals surface area contributed by atoms with Crippen LogP contribution in [0, 0.1) is 11.3 Å². The molecule has 22 heavy (non-hydrogen) atoms. The van der Waals surface area contributed by atoms with E-state index in [2.05, 4.69) is 24.0 Å². The number of hydrogen-bond donors (Lipinski definition) is 1. The normalized spacial score (nSPS) is 11.5. The smallest absolute Gasteiger partial charge is 0.0701 e. The standard InChI is InChI=1S/C19H19ClN2/c1-4-6-14-11-15(9-10-18(14)22-3)19-16(13(2)12-21)7-5-8-17(19)20/h4-5,7-11,13,22H,1,6H2,2-3H3. The fourth-order valence-electron chi connectivity index (χ4n) is 2.59. The fourth-order valence-corrected chi connectivity index (χ4v) is 2.88. The third kappa shape index (κ3) is 3.16. The van der Waals surface area contributed by atoms with Gasteiger partial charge in [-0.2, -0.15) is 5.26 Å². The van der Waals surface area contributed by atoms with Gasteiger partial charge in [0.2, 0.25) is 0 Å². The second kappa shape index (κ2) is 7.15. The van der Waals surface area contributed by atoms with E-state index < -0.39 is 0 Å². The molecule has 0 spiro atoms. The van der Waals surface area contributed by atoms with E-state index in [0.717, 1.165) is 34.4 Å². The number of nitriles is 1. The molecular formula is C19H19ClN2. The zero-order valence-electron chi connectivity index (χ0n) is 12.9. The van der Waals surface area contributed by atoms with E-state index >= 15 is 0 Å². The highest BCUT2D eigenvalue weighted by molar-refractivity contribution is 6.33. The molecular weight excluding hydrogens is 292 g/mol. The van der Waals surface area contributed by atoms with E-state index in [4.69, 9.17) is 11.6 Å². The number of halogens is 1. The number of hydrogen-bond acceptors (Lipinski definition) is 2. The summed E-state index contributed by atoms with van der Waals surface area (Å²) < 4.78 is 0. The van der Waals surface area contributed by atoms with E-state index in [1.54, 1.807) is 0 Å². The van der Waals surface area contributed by atoms with Gasteiger partial charge in [-0.25, -0.2) is 0 Å². The van der Waals surface area contributed by atoms with Gasteiger partial charge in [0.1, 0.15) is 0 Å². The Hall–Kier alpha value is -2.24. The van der Waals surface area contributed by atoms with Gasteiger partial charge in [-0.15, -0.1) is 6.58 Å². The molecule has 2 nitrogen and oxygen atoms in total. The van der Waals surface area contributed by atoms with Crippen molar-refractivity contribution in [3.8, 4) is 17.2 Å². The van der Waals surface area contributed by atoms with E-state index in [9.17, 15) is 5.26 Å². The van der Waals surface area contributed by atoms with Gasteiger partial charge < -0.3 is 5.32 Å². The van der Waals surface area contributed by atoms with Crippen molar-refractivity contribution in [2.24, 2.45) is 0 Å². The van der Waals surface area contributed by atoms with Gasteiger partial charge in [-0.3, -0.25) is 0 Å². The molecule has 1 N–H and O–H groups in total. The molecule has 0 saturated heterocycles. The molecule has 2 aromatic rings. The maximum absolute atomic E-state index is 9.26. The molecule has 1 atom stereocenters. The van der Waals surface area contributed by atoms with Crippen molar-refractivity contribution in [2.75, 3.05) is 12.4 Å². The summed E-state index contributed by atoms with van der Waals surface area (Å²) in [5, 5.41) is 13.1. The Kier molecular flexibility index (Phi) is 5.25. The molecule has 0 heterocycles. The molecule has 0 aliphatic carbocycles. The van der Waals surface area contributed by atoms with Gasteiger partial charge in [0.25, 0.3) is 0 Å². The Bertz CT molecular complexity index is 729. The summed E-state index contributed by atoms with van der Waals surface area (Å²) >= 11 is 6.42. The molecule has 0 amide bonds. The number of nitrogens with zero attached hydrogens (tertiary/aromatic N) is 1. The number of benzene rings is 2. The molecule has 0 bridgehead atoms. The zero-order chi connectivity index (χ0) is 16.1. The van der Waals surface area contributed by atoms with E-state index in [1.807, 2.05) is 50.4 Å². The van der Waals surface area contributed by atoms with Gasteiger partial charge in [0.05, 0.1) is 12.0 Å². The average molecular weight is 311 g/mol. The van der Waals surface area contributed by atoms with Gasteiger partial charge in [0.15, 0.2) is 0 Å². The molecule has 3 heteroatoms. The summed E-state index contributed by atoms with van der Waals surface area (Å²) in [7, 11) is 1.90. The fraction of sp³-hybridized carbons (Fsp3) is 0.211. The molecule has 112 valence electrons. The van der Waals surface area contributed by atoms with Crippen LogP contribution in [0.4, 0.5) is 5.69 Å². The average Bonchev–Trinajstić information content (AvgIpc) is 2.54. The predicted molar refractivity (Wildman–Crippen MR) is 94.4 cm³/mol. The lowest BCUT2D eigenvalue weighted by atomic mass is 9.91. The van der Waals surface area contributed by atoms with Crippen molar-refractivity contribution in [3.05, 3.63) is 65.2 Å². The van der Waals surface area contributed by atoms with Crippen LogP contribution in [0.1, 0.15) is 24.0 Å². The van der Waals surface area contributed by atoms with Crippen LogP contribution in [0.25, 0.3) is 11.1 Å². The third-order valence-electron chi connectivity index (χ3n) is 3.73. The molecule has 0 aliphatic heterocycles. The second-order valence-corrected chi connectivity index (χ2v) is 5.58. The van der Waals surface area contributed by atoms with Gasteiger partial charge in [-0.1, -0.05) is 35.9 Å². The molecule has 2 rings (SSSR count). The number of allylic oxidation sites excluding steroid dienone is 1. The summed E-state index contributed by atoms with van der Waals surface area (Å²) in [6, 6.07) is 14.2. The minimum atomic E-state index is -0.208. The Morgan fingerprint density at radius 3 is 2.77 bits per heavy atom.